The third-order valence-corrected chi connectivity index (χ3v) is 3.95. The number of nitrogens with zero attached hydrogens (tertiary/aromatic N) is 4. The molecule has 128 valence electrons. The Bertz CT molecular complexity index is 785. The minimum Gasteiger partial charge on any atom is -0.373 e. The van der Waals surface area contributed by atoms with Crippen LogP contribution < -0.4 is 15.8 Å². The number of hydrogen-bond acceptors (Lipinski definition) is 6. The van der Waals surface area contributed by atoms with Crippen molar-refractivity contribution in [2.75, 3.05) is 36.5 Å². The van der Waals surface area contributed by atoms with E-state index < -0.39 is 5.82 Å². The summed E-state index contributed by atoms with van der Waals surface area (Å²) in [6.45, 7) is 1.81. The van der Waals surface area contributed by atoms with Crippen molar-refractivity contribution in [3.05, 3.63) is 45.9 Å². The van der Waals surface area contributed by atoms with E-state index in [9.17, 15) is 9.18 Å². The molecular weight excluding hydrogens is 337 g/mol. The first-order valence-electron chi connectivity index (χ1n) is 7.47. The summed E-state index contributed by atoms with van der Waals surface area (Å²) in [6.07, 6.45) is 4.33. The number of ether oxygens (including phenoxy) is 1. The van der Waals surface area contributed by atoms with Crippen molar-refractivity contribution in [2.45, 2.75) is 6.10 Å². The summed E-state index contributed by atoms with van der Waals surface area (Å²) in [6, 6.07) is 1.24. The lowest BCUT2D eigenvalue weighted by atomic mass is 10.2. The molecule has 0 aromatic carbocycles. The Hall–Kier alpha value is -2.19. The number of aromatic nitrogens is 3. The Kier molecular flexibility index (Phi) is 4.96. The lowest BCUT2D eigenvalue weighted by Crippen LogP contribution is -2.46. The van der Waals surface area contributed by atoms with Gasteiger partial charge in [-0.15, -0.1) is 0 Å². The minimum atomic E-state index is -0.463. The van der Waals surface area contributed by atoms with Gasteiger partial charge in [0.15, 0.2) is 17.5 Å². The van der Waals surface area contributed by atoms with E-state index in [2.05, 4.69) is 15.3 Å². The zero-order valence-electron chi connectivity index (χ0n) is 13.1. The normalized spacial score (nSPS) is 17.8. The first-order chi connectivity index (χ1) is 11.5. The molecule has 1 unspecified atom stereocenters. The first kappa shape index (κ1) is 16.7. The average Bonchev–Trinajstić information content (AvgIpc) is 2.56. The maximum Gasteiger partial charge on any atom is 0.293 e. The molecule has 0 amide bonds. The monoisotopic (exact) mass is 353 g/mol. The largest absolute Gasteiger partial charge is 0.373 e. The summed E-state index contributed by atoms with van der Waals surface area (Å²) in [7, 11) is 1.66. The fraction of sp³-hybridized carbons (Fsp3) is 0.400. The number of aryl methyl sites for hydroxylation is 1. The molecule has 7 nitrogen and oxygen atoms in total. The summed E-state index contributed by atoms with van der Waals surface area (Å²) < 4.78 is 21.1. The van der Waals surface area contributed by atoms with Crippen molar-refractivity contribution < 1.29 is 9.13 Å². The molecule has 9 heteroatoms. The SMILES string of the molecule is Cn1ccnc(NCC2CN(c3ncc(Cl)cc3F)CCO2)c1=O. The van der Waals surface area contributed by atoms with E-state index in [-0.39, 0.29) is 28.3 Å². The highest BCUT2D eigenvalue weighted by Gasteiger charge is 2.24. The van der Waals surface area contributed by atoms with Crippen LogP contribution in [-0.4, -0.2) is 46.9 Å². The molecule has 1 atom stereocenters. The molecule has 2 aromatic rings. The van der Waals surface area contributed by atoms with Gasteiger partial charge >= 0.3 is 0 Å². The molecule has 24 heavy (non-hydrogen) atoms. The van der Waals surface area contributed by atoms with Crippen molar-refractivity contribution in [3.8, 4) is 0 Å². The topological polar surface area (TPSA) is 72.3 Å². The summed E-state index contributed by atoms with van der Waals surface area (Å²) in [5.74, 6) is 0.0488. The lowest BCUT2D eigenvalue weighted by Gasteiger charge is -2.34. The maximum atomic E-state index is 14.0. The molecule has 1 aliphatic heterocycles. The van der Waals surface area contributed by atoms with Gasteiger partial charge in [-0.3, -0.25) is 4.79 Å². The van der Waals surface area contributed by atoms with E-state index in [0.29, 0.717) is 26.2 Å². The molecule has 3 rings (SSSR count). The highest BCUT2D eigenvalue weighted by Crippen LogP contribution is 2.21. The summed E-state index contributed by atoms with van der Waals surface area (Å²) >= 11 is 5.74. The Morgan fingerprint density at radius 1 is 1.50 bits per heavy atom. The van der Waals surface area contributed by atoms with Gasteiger partial charge < -0.3 is 19.5 Å². The lowest BCUT2D eigenvalue weighted by molar-refractivity contribution is 0.0487. The van der Waals surface area contributed by atoms with Crippen LogP contribution in [0.5, 0.6) is 0 Å². The van der Waals surface area contributed by atoms with Gasteiger partial charge in [-0.25, -0.2) is 14.4 Å². The summed E-state index contributed by atoms with van der Waals surface area (Å²) in [5.41, 5.74) is -0.212. The second kappa shape index (κ2) is 7.14. The van der Waals surface area contributed by atoms with Crippen molar-refractivity contribution in [2.24, 2.45) is 7.05 Å². The number of morpholine rings is 1. The summed E-state index contributed by atoms with van der Waals surface area (Å²) in [4.78, 5) is 21.8. The van der Waals surface area contributed by atoms with Crippen LogP contribution >= 0.6 is 11.6 Å². The molecule has 1 saturated heterocycles. The van der Waals surface area contributed by atoms with E-state index in [1.807, 2.05) is 0 Å². The van der Waals surface area contributed by atoms with Gasteiger partial charge in [0.05, 0.1) is 17.7 Å². The highest BCUT2D eigenvalue weighted by atomic mass is 35.5. The van der Waals surface area contributed by atoms with E-state index in [4.69, 9.17) is 16.3 Å². The second-order valence-corrected chi connectivity index (χ2v) is 5.91. The standard InChI is InChI=1S/C15H17ClFN5O2/c1-21-3-2-18-13(15(21)23)19-8-11-9-22(4-5-24-11)14-12(17)6-10(16)7-20-14/h2-3,6-7,11H,4-5,8-9H2,1H3,(H,18,19). The molecule has 1 fully saturated rings. The van der Waals surface area contributed by atoms with Gasteiger partial charge in [0, 0.05) is 45.3 Å². The molecule has 0 spiro atoms. The fourth-order valence-electron chi connectivity index (χ4n) is 2.50. The predicted molar refractivity (Wildman–Crippen MR) is 89.1 cm³/mol. The molecule has 0 radical (unpaired) electrons. The van der Waals surface area contributed by atoms with Crippen molar-refractivity contribution in [1.29, 1.82) is 0 Å². The number of pyridine rings is 1. The van der Waals surface area contributed by atoms with E-state index in [0.717, 1.165) is 0 Å². The fourth-order valence-corrected chi connectivity index (χ4v) is 2.65. The van der Waals surface area contributed by atoms with Crippen molar-refractivity contribution in [3.63, 3.8) is 0 Å². The van der Waals surface area contributed by atoms with Gasteiger partial charge in [0.1, 0.15) is 0 Å². The minimum absolute atomic E-state index is 0.212. The van der Waals surface area contributed by atoms with Crippen LogP contribution in [0, 0.1) is 5.82 Å². The molecule has 0 saturated carbocycles. The van der Waals surface area contributed by atoms with Crippen LogP contribution in [0.3, 0.4) is 0 Å². The van der Waals surface area contributed by atoms with Crippen LogP contribution in [0.25, 0.3) is 0 Å². The molecule has 1 N–H and O–H groups in total. The number of halogens is 2. The van der Waals surface area contributed by atoms with Crippen molar-refractivity contribution >= 4 is 23.2 Å². The number of anilines is 2. The molecule has 0 aliphatic carbocycles. The third-order valence-electron chi connectivity index (χ3n) is 3.74. The Morgan fingerprint density at radius 2 is 2.33 bits per heavy atom. The smallest absolute Gasteiger partial charge is 0.293 e. The van der Waals surface area contributed by atoms with Gasteiger partial charge in [-0.1, -0.05) is 11.6 Å². The molecule has 0 bridgehead atoms. The first-order valence-corrected chi connectivity index (χ1v) is 7.85. The van der Waals surface area contributed by atoms with E-state index >= 15 is 0 Å². The molecular formula is C15H17ClFN5O2. The summed E-state index contributed by atoms with van der Waals surface area (Å²) in [5, 5.41) is 3.25. The Labute approximate surface area is 143 Å². The van der Waals surface area contributed by atoms with E-state index in [1.165, 1.54) is 16.8 Å². The van der Waals surface area contributed by atoms with Crippen LogP contribution in [-0.2, 0) is 11.8 Å². The van der Waals surface area contributed by atoms with Crippen molar-refractivity contribution in [1.82, 2.24) is 14.5 Å². The zero-order chi connectivity index (χ0) is 17.1. The molecule has 3 heterocycles. The van der Waals surface area contributed by atoms with Crippen LogP contribution in [0.15, 0.2) is 29.5 Å². The van der Waals surface area contributed by atoms with Gasteiger partial charge in [-0.2, -0.15) is 0 Å². The number of nitrogens with one attached hydrogen (secondary N) is 1. The second-order valence-electron chi connectivity index (χ2n) is 5.47. The van der Waals surface area contributed by atoms with E-state index in [1.54, 1.807) is 24.3 Å². The number of hydrogen-bond donors (Lipinski definition) is 1. The highest BCUT2D eigenvalue weighted by molar-refractivity contribution is 6.30. The van der Waals surface area contributed by atoms with Gasteiger partial charge in [0.2, 0.25) is 0 Å². The van der Waals surface area contributed by atoms with Crippen LogP contribution in [0.4, 0.5) is 16.0 Å². The molecule has 1 aliphatic rings. The maximum absolute atomic E-state index is 14.0. The Balaban J connectivity index is 1.65. The molecule has 2 aromatic heterocycles. The quantitative estimate of drug-likeness (QED) is 0.893. The van der Waals surface area contributed by atoms with Gasteiger partial charge in [-0.05, 0) is 6.07 Å². The third kappa shape index (κ3) is 3.65. The average molecular weight is 354 g/mol. The van der Waals surface area contributed by atoms with Crippen LogP contribution in [0.2, 0.25) is 5.02 Å². The zero-order valence-corrected chi connectivity index (χ0v) is 13.8. The number of rotatable bonds is 4. The van der Waals surface area contributed by atoms with Gasteiger partial charge in [0.25, 0.3) is 5.56 Å². The Morgan fingerprint density at radius 3 is 3.12 bits per heavy atom. The predicted octanol–water partition coefficient (Wildman–Crippen LogP) is 1.29. The van der Waals surface area contributed by atoms with Crippen LogP contribution in [0.1, 0.15) is 0 Å².